The molecule has 37 heavy (non-hydrogen) atoms. The van der Waals surface area contributed by atoms with Gasteiger partial charge in [-0.1, -0.05) is 41.9 Å². The number of amides is 1. The topological polar surface area (TPSA) is 70.8 Å². The summed E-state index contributed by atoms with van der Waals surface area (Å²) in [5.41, 5.74) is 9.60. The Balaban J connectivity index is 1.08. The van der Waals surface area contributed by atoms with E-state index in [-0.39, 0.29) is 18.1 Å². The average molecular weight is 519 g/mol. The molecular formula is C30H35ClN4O2. The van der Waals surface area contributed by atoms with Crippen LogP contribution in [0.5, 0.6) is 5.75 Å². The number of nitrogens with zero attached hydrogens (tertiary/aromatic N) is 2. The molecule has 2 aliphatic rings. The van der Waals surface area contributed by atoms with Crippen molar-refractivity contribution in [1.82, 2.24) is 10.2 Å². The maximum absolute atomic E-state index is 12.9. The Morgan fingerprint density at radius 3 is 2.30 bits per heavy atom. The normalized spacial score (nSPS) is 17.5. The second kappa shape index (κ2) is 11.9. The number of halogens is 1. The molecule has 2 heterocycles. The summed E-state index contributed by atoms with van der Waals surface area (Å²) in [7, 11) is 0. The van der Waals surface area contributed by atoms with Gasteiger partial charge in [0.05, 0.1) is 10.6 Å². The minimum atomic E-state index is -0.116. The van der Waals surface area contributed by atoms with Crippen LogP contribution in [0.4, 0.5) is 11.4 Å². The molecule has 2 fully saturated rings. The second-order valence-electron chi connectivity index (χ2n) is 10.0. The molecule has 0 radical (unpaired) electrons. The van der Waals surface area contributed by atoms with E-state index in [1.54, 1.807) is 12.1 Å². The summed E-state index contributed by atoms with van der Waals surface area (Å²) in [6.07, 6.45) is 3.85. The van der Waals surface area contributed by atoms with Gasteiger partial charge in [0.25, 0.3) is 5.91 Å². The maximum atomic E-state index is 12.9. The van der Waals surface area contributed by atoms with E-state index in [2.05, 4.69) is 51.5 Å². The highest BCUT2D eigenvalue weighted by Gasteiger charge is 2.24. The van der Waals surface area contributed by atoms with E-state index in [1.165, 1.54) is 11.3 Å². The van der Waals surface area contributed by atoms with Crippen molar-refractivity contribution in [2.75, 3.05) is 36.8 Å². The second-order valence-corrected chi connectivity index (χ2v) is 10.5. The van der Waals surface area contributed by atoms with Crippen LogP contribution in [0, 0.1) is 0 Å². The molecule has 3 N–H and O–H groups in total. The summed E-state index contributed by atoms with van der Waals surface area (Å²) in [6.45, 7) is 4.74. The number of hydrogen-bond acceptors (Lipinski definition) is 5. The Morgan fingerprint density at radius 1 is 0.919 bits per heavy atom. The minimum absolute atomic E-state index is 0.116. The lowest BCUT2D eigenvalue weighted by molar-refractivity contribution is 0.0909. The van der Waals surface area contributed by atoms with Crippen molar-refractivity contribution in [3.8, 4) is 5.75 Å². The summed E-state index contributed by atoms with van der Waals surface area (Å²) in [6, 6.07) is 24.1. The van der Waals surface area contributed by atoms with Crippen LogP contribution >= 0.6 is 11.6 Å². The quantitative estimate of drug-likeness (QED) is 0.412. The zero-order valence-electron chi connectivity index (χ0n) is 21.1. The molecule has 0 saturated carbocycles. The first-order valence-corrected chi connectivity index (χ1v) is 13.5. The Hall–Kier alpha value is -3.22. The number of ether oxygens (including phenoxy) is 1. The number of piperidine rings is 2. The van der Waals surface area contributed by atoms with Gasteiger partial charge in [0.2, 0.25) is 0 Å². The number of nitrogen functional groups attached to an aromatic ring is 1. The lowest BCUT2D eigenvalue weighted by Crippen LogP contribution is -2.44. The van der Waals surface area contributed by atoms with Crippen LogP contribution < -0.4 is 20.7 Å². The molecule has 6 nitrogen and oxygen atoms in total. The van der Waals surface area contributed by atoms with Crippen LogP contribution in [0.3, 0.4) is 0 Å². The predicted molar refractivity (Wildman–Crippen MR) is 150 cm³/mol. The molecule has 0 aliphatic carbocycles. The van der Waals surface area contributed by atoms with Crippen LogP contribution in [0.25, 0.3) is 0 Å². The molecule has 0 bridgehead atoms. The summed E-state index contributed by atoms with van der Waals surface area (Å²) >= 11 is 6.52. The number of benzene rings is 3. The van der Waals surface area contributed by atoms with Gasteiger partial charge in [0.15, 0.2) is 0 Å². The monoisotopic (exact) mass is 518 g/mol. The lowest BCUT2D eigenvalue weighted by atomic mass is 10.0. The van der Waals surface area contributed by atoms with Crippen molar-refractivity contribution < 1.29 is 9.53 Å². The van der Waals surface area contributed by atoms with Gasteiger partial charge in [0, 0.05) is 63.0 Å². The first-order chi connectivity index (χ1) is 18.0. The number of carbonyl (C=O) groups is 1. The zero-order chi connectivity index (χ0) is 25.6. The van der Waals surface area contributed by atoms with Crippen LogP contribution in [0.2, 0.25) is 5.02 Å². The first-order valence-electron chi connectivity index (χ1n) is 13.2. The summed E-state index contributed by atoms with van der Waals surface area (Å²) in [5, 5.41) is 3.61. The van der Waals surface area contributed by atoms with Crippen LogP contribution in [-0.4, -0.2) is 49.1 Å². The molecule has 0 atom stereocenters. The third kappa shape index (κ3) is 6.76. The highest BCUT2D eigenvalue weighted by Crippen LogP contribution is 2.27. The molecule has 194 valence electrons. The van der Waals surface area contributed by atoms with Crippen molar-refractivity contribution in [1.29, 1.82) is 0 Å². The average Bonchev–Trinajstić information content (AvgIpc) is 2.91. The van der Waals surface area contributed by atoms with Crippen molar-refractivity contribution in [2.24, 2.45) is 0 Å². The SMILES string of the molecule is Nc1ccc(N2CCC(Oc3ccc(C(=O)NC4CCN(Cc5ccccc5)CC4)c(Cl)c3)CC2)cc1. The molecule has 0 aromatic heterocycles. The van der Waals surface area contributed by atoms with Crippen molar-refractivity contribution in [3.63, 3.8) is 0 Å². The van der Waals surface area contributed by atoms with E-state index in [1.807, 2.05) is 24.3 Å². The fraction of sp³-hybridized carbons (Fsp3) is 0.367. The molecule has 2 aliphatic heterocycles. The Labute approximate surface area is 224 Å². The van der Waals surface area contributed by atoms with Crippen LogP contribution in [0.15, 0.2) is 72.8 Å². The molecule has 5 rings (SSSR count). The number of nitrogens with two attached hydrogens (primary N) is 1. The smallest absolute Gasteiger partial charge is 0.253 e. The van der Waals surface area contributed by atoms with E-state index in [0.29, 0.717) is 16.3 Å². The fourth-order valence-corrected chi connectivity index (χ4v) is 5.46. The molecule has 2 saturated heterocycles. The van der Waals surface area contributed by atoms with Gasteiger partial charge in [-0.15, -0.1) is 0 Å². The largest absolute Gasteiger partial charge is 0.490 e. The third-order valence-corrected chi connectivity index (χ3v) is 7.67. The molecule has 0 spiro atoms. The molecule has 0 unspecified atom stereocenters. The maximum Gasteiger partial charge on any atom is 0.253 e. The van der Waals surface area contributed by atoms with Crippen molar-refractivity contribution >= 4 is 28.9 Å². The predicted octanol–water partition coefficient (Wildman–Crippen LogP) is 5.36. The number of likely N-dealkylation sites (tertiary alicyclic amines) is 1. The summed E-state index contributed by atoms with van der Waals surface area (Å²) in [4.78, 5) is 17.7. The number of carbonyl (C=O) groups excluding carboxylic acids is 1. The van der Waals surface area contributed by atoms with E-state index in [0.717, 1.165) is 64.1 Å². The van der Waals surface area contributed by atoms with E-state index >= 15 is 0 Å². The lowest BCUT2D eigenvalue weighted by Gasteiger charge is -2.34. The first kappa shape index (κ1) is 25.4. The Bertz CT molecular complexity index is 1170. The van der Waals surface area contributed by atoms with Gasteiger partial charge >= 0.3 is 0 Å². The van der Waals surface area contributed by atoms with E-state index in [9.17, 15) is 4.79 Å². The van der Waals surface area contributed by atoms with Gasteiger partial charge in [-0.05, 0) is 60.9 Å². The van der Waals surface area contributed by atoms with Gasteiger partial charge in [0.1, 0.15) is 11.9 Å². The molecule has 3 aromatic rings. The number of rotatable bonds is 7. The van der Waals surface area contributed by atoms with Gasteiger partial charge in [-0.3, -0.25) is 9.69 Å². The third-order valence-electron chi connectivity index (χ3n) is 7.36. The fourth-order valence-electron chi connectivity index (χ4n) is 5.20. The summed E-state index contributed by atoms with van der Waals surface area (Å²) < 4.78 is 6.22. The van der Waals surface area contributed by atoms with Crippen molar-refractivity contribution in [2.45, 2.75) is 44.4 Å². The van der Waals surface area contributed by atoms with E-state index < -0.39 is 0 Å². The van der Waals surface area contributed by atoms with Gasteiger partial charge in [-0.25, -0.2) is 0 Å². The number of hydrogen-bond donors (Lipinski definition) is 2. The minimum Gasteiger partial charge on any atom is -0.490 e. The molecule has 1 amide bonds. The molecule has 3 aromatic carbocycles. The highest BCUT2D eigenvalue weighted by atomic mass is 35.5. The zero-order valence-corrected chi connectivity index (χ0v) is 21.9. The highest BCUT2D eigenvalue weighted by molar-refractivity contribution is 6.34. The number of anilines is 2. The Kier molecular flexibility index (Phi) is 8.17. The van der Waals surface area contributed by atoms with Crippen LogP contribution in [-0.2, 0) is 6.54 Å². The van der Waals surface area contributed by atoms with Crippen molar-refractivity contribution in [3.05, 3.63) is 88.9 Å². The van der Waals surface area contributed by atoms with E-state index in [4.69, 9.17) is 22.1 Å². The van der Waals surface area contributed by atoms with Gasteiger partial charge in [-0.2, -0.15) is 0 Å². The van der Waals surface area contributed by atoms with Crippen LogP contribution in [0.1, 0.15) is 41.6 Å². The molecular weight excluding hydrogens is 484 g/mol. The number of nitrogens with one attached hydrogen (secondary N) is 1. The Morgan fingerprint density at radius 2 is 1.62 bits per heavy atom. The summed E-state index contributed by atoms with van der Waals surface area (Å²) in [5.74, 6) is 0.594. The molecule has 7 heteroatoms. The van der Waals surface area contributed by atoms with Gasteiger partial charge < -0.3 is 20.7 Å². The standard InChI is InChI=1S/C30H35ClN4O2/c31-29-20-27(37-26-14-18-35(19-15-26)25-8-6-23(32)7-9-25)10-11-28(29)30(36)33-24-12-16-34(17-13-24)21-22-4-2-1-3-5-22/h1-11,20,24,26H,12-19,21,32H2,(H,33,36).